The second kappa shape index (κ2) is 10.9. The number of nitrogens with one attached hydrogen (secondary N) is 1. The first-order valence-electron chi connectivity index (χ1n) is 9.99. The van der Waals surface area contributed by atoms with Crippen molar-refractivity contribution in [1.82, 2.24) is 5.32 Å². The third-order valence-corrected chi connectivity index (χ3v) is 4.99. The van der Waals surface area contributed by atoms with Gasteiger partial charge in [-0.1, -0.05) is 48.0 Å². The zero-order valence-corrected chi connectivity index (χ0v) is 17.9. The summed E-state index contributed by atoms with van der Waals surface area (Å²) in [4.78, 5) is 23.6. The van der Waals surface area contributed by atoms with Crippen molar-refractivity contribution < 1.29 is 19.4 Å². The Bertz CT molecular complexity index is 1030. The summed E-state index contributed by atoms with van der Waals surface area (Å²) in [6.07, 6.45) is 0.152. The molecule has 0 heterocycles. The molecule has 6 heteroatoms. The van der Waals surface area contributed by atoms with Crippen molar-refractivity contribution in [2.45, 2.75) is 19.4 Å². The minimum absolute atomic E-state index is 0.0938. The Labute approximate surface area is 186 Å². The molecule has 0 unspecified atom stereocenters. The lowest BCUT2D eigenvalue weighted by Gasteiger charge is -2.12. The number of carbonyl (C=O) groups is 2. The molecule has 3 aromatic rings. The van der Waals surface area contributed by atoms with Gasteiger partial charge >= 0.3 is 5.97 Å². The van der Waals surface area contributed by atoms with E-state index in [1.165, 1.54) is 6.92 Å². The van der Waals surface area contributed by atoms with Gasteiger partial charge in [-0.15, -0.1) is 0 Å². The van der Waals surface area contributed by atoms with Crippen molar-refractivity contribution in [3.05, 3.63) is 100 Å². The summed E-state index contributed by atoms with van der Waals surface area (Å²) in [5, 5.41) is 14.1. The molecule has 0 radical (unpaired) electrons. The lowest BCUT2D eigenvalue weighted by molar-refractivity contribution is -0.131. The number of hydrogen-bond acceptors (Lipinski definition) is 5. The minimum atomic E-state index is -0.620. The predicted octanol–water partition coefficient (Wildman–Crippen LogP) is 4.36. The maximum Gasteiger partial charge on any atom is 0.308 e. The molecule has 0 fully saturated rings. The summed E-state index contributed by atoms with van der Waals surface area (Å²) in [6.45, 7) is 2.46. The van der Waals surface area contributed by atoms with Crippen LogP contribution in [0.1, 0.15) is 40.1 Å². The fourth-order valence-corrected chi connectivity index (χ4v) is 3.33. The average Bonchev–Trinajstić information content (AvgIpc) is 2.76. The molecule has 0 saturated carbocycles. The number of carbonyl (C=O) groups excluding carboxylic acids is 2. The number of hydrogen-bond donors (Lipinski definition) is 2. The Morgan fingerprint density at radius 3 is 2.26 bits per heavy atom. The first-order chi connectivity index (χ1) is 14.9. The number of benzene rings is 3. The Balaban J connectivity index is 1.48. The Hall–Kier alpha value is -2.99. The van der Waals surface area contributed by atoms with E-state index < -0.39 is 12.1 Å². The zero-order chi connectivity index (χ0) is 22.2. The van der Waals surface area contributed by atoms with Crippen LogP contribution in [-0.2, 0) is 11.2 Å². The van der Waals surface area contributed by atoms with Crippen LogP contribution in [0, 0.1) is 0 Å². The smallest absolute Gasteiger partial charge is 0.308 e. The number of aliphatic hydroxyl groups is 1. The zero-order valence-electron chi connectivity index (χ0n) is 17.2. The molecule has 1 atom stereocenters. The van der Waals surface area contributed by atoms with Crippen molar-refractivity contribution in [2.24, 2.45) is 0 Å². The molecule has 3 aromatic carbocycles. The largest absolute Gasteiger partial charge is 0.427 e. The van der Waals surface area contributed by atoms with Crippen molar-refractivity contribution >= 4 is 23.4 Å². The van der Waals surface area contributed by atoms with E-state index >= 15 is 0 Å². The molecule has 3 rings (SSSR count). The second-order valence-electron chi connectivity index (χ2n) is 7.17. The van der Waals surface area contributed by atoms with Gasteiger partial charge in [0.2, 0.25) is 0 Å². The van der Waals surface area contributed by atoms with Gasteiger partial charge in [-0.3, -0.25) is 9.59 Å². The Morgan fingerprint density at radius 1 is 1.00 bits per heavy atom. The predicted molar refractivity (Wildman–Crippen MR) is 121 cm³/mol. The van der Waals surface area contributed by atoms with Crippen molar-refractivity contribution in [3.63, 3.8) is 0 Å². The summed E-state index contributed by atoms with van der Waals surface area (Å²) in [7, 11) is 0. The van der Waals surface area contributed by atoms with E-state index in [2.05, 4.69) is 5.32 Å². The Kier molecular flexibility index (Phi) is 7.95. The van der Waals surface area contributed by atoms with Crippen LogP contribution < -0.4 is 10.1 Å². The van der Waals surface area contributed by atoms with Crippen LogP contribution in [0.5, 0.6) is 5.75 Å². The molecule has 0 amide bonds. The normalized spacial score (nSPS) is 11.7. The van der Waals surface area contributed by atoms with Gasteiger partial charge in [0.05, 0.1) is 6.10 Å². The average molecular weight is 438 g/mol. The molecule has 0 saturated heterocycles. The highest BCUT2D eigenvalue weighted by Crippen LogP contribution is 2.18. The minimum Gasteiger partial charge on any atom is -0.427 e. The molecule has 5 nitrogen and oxygen atoms in total. The number of rotatable bonds is 9. The molecule has 0 aromatic heterocycles. The third kappa shape index (κ3) is 6.76. The second-order valence-corrected chi connectivity index (χ2v) is 7.61. The molecular weight excluding hydrogens is 414 g/mol. The van der Waals surface area contributed by atoms with Gasteiger partial charge in [0.1, 0.15) is 5.75 Å². The van der Waals surface area contributed by atoms with Gasteiger partial charge in [-0.25, -0.2) is 0 Å². The standard InChI is InChI=1S/C25H24ClNO4/c1-17(28)31-23-11-9-20(10-12-23)25(30)19-7-5-18(6-8-19)13-14-27-16-24(29)21-3-2-4-22(26)15-21/h2-12,15,24,27,29H,13-14,16H2,1H3/t24-/m1/s1. The fraction of sp³-hybridized carbons (Fsp3) is 0.200. The molecule has 0 spiro atoms. The maximum atomic E-state index is 12.6. The molecule has 0 aliphatic rings. The van der Waals surface area contributed by atoms with Gasteiger partial charge in [-0.2, -0.15) is 0 Å². The highest BCUT2D eigenvalue weighted by Gasteiger charge is 2.10. The molecule has 0 bridgehead atoms. The first kappa shape index (κ1) is 22.7. The van der Waals surface area contributed by atoms with E-state index in [1.54, 1.807) is 48.5 Å². The summed E-state index contributed by atoms with van der Waals surface area (Å²) in [5.74, 6) is -0.0841. The lowest BCUT2D eigenvalue weighted by atomic mass is 10.0. The number of ketones is 1. The number of aliphatic hydroxyl groups excluding tert-OH is 1. The van der Waals surface area contributed by atoms with Crippen molar-refractivity contribution in [2.75, 3.05) is 13.1 Å². The SMILES string of the molecule is CC(=O)Oc1ccc(C(=O)c2ccc(CCNC[C@@H](O)c3cccc(Cl)c3)cc2)cc1. The Morgan fingerprint density at radius 2 is 1.65 bits per heavy atom. The van der Waals surface area contributed by atoms with Gasteiger partial charge < -0.3 is 15.2 Å². The quantitative estimate of drug-likeness (QED) is 0.225. The van der Waals surface area contributed by atoms with Crippen LogP contribution in [0.3, 0.4) is 0 Å². The van der Waals surface area contributed by atoms with Gasteiger partial charge in [0.15, 0.2) is 5.78 Å². The first-order valence-corrected chi connectivity index (χ1v) is 10.4. The van der Waals surface area contributed by atoms with Gasteiger partial charge in [0, 0.05) is 29.6 Å². The van der Waals surface area contributed by atoms with E-state index in [0.29, 0.717) is 35.0 Å². The third-order valence-electron chi connectivity index (χ3n) is 4.76. The summed E-state index contributed by atoms with van der Waals surface area (Å²) in [6, 6.07) is 21.1. The van der Waals surface area contributed by atoms with E-state index in [-0.39, 0.29) is 5.78 Å². The van der Waals surface area contributed by atoms with Crippen LogP contribution in [0.4, 0.5) is 0 Å². The molecule has 160 valence electrons. The summed E-state index contributed by atoms with van der Waals surface area (Å²) < 4.78 is 4.98. The molecule has 31 heavy (non-hydrogen) atoms. The summed E-state index contributed by atoms with van der Waals surface area (Å²) >= 11 is 5.96. The van der Waals surface area contributed by atoms with Gasteiger partial charge in [0.25, 0.3) is 0 Å². The van der Waals surface area contributed by atoms with E-state index in [0.717, 1.165) is 17.5 Å². The van der Waals surface area contributed by atoms with Crippen LogP contribution in [-0.4, -0.2) is 29.9 Å². The topological polar surface area (TPSA) is 75.6 Å². The van der Waals surface area contributed by atoms with Crippen molar-refractivity contribution in [3.8, 4) is 5.75 Å². The lowest BCUT2D eigenvalue weighted by Crippen LogP contribution is -2.23. The van der Waals surface area contributed by atoms with Crippen molar-refractivity contribution in [1.29, 1.82) is 0 Å². The number of halogens is 1. The molecular formula is C25H24ClNO4. The van der Waals surface area contributed by atoms with E-state index in [9.17, 15) is 14.7 Å². The monoisotopic (exact) mass is 437 g/mol. The maximum absolute atomic E-state index is 12.6. The fourth-order valence-electron chi connectivity index (χ4n) is 3.13. The van der Waals surface area contributed by atoms with Crippen LogP contribution >= 0.6 is 11.6 Å². The van der Waals surface area contributed by atoms with Crippen LogP contribution in [0.15, 0.2) is 72.8 Å². The van der Waals surface area contributed by atoms with Gasteiger partial charge in [-0.05, 0) is 60.5 Å². The van der Waals surface area contributed by atoms with Crippen LogP contribution in [0.2, 0.25) is 5.02 Å². The van der Waals surface area contributed by atoms with Crippen LogP contribution in [0.25, 0.3) is 0 Å². The molecule has 2 N–H and O–H groups in total. The highest BCUT2D eigenvalue weighted by molar-refractivity contribution is 6.30. The molecule has 0 aliphatic heterocycles. The number of esters is 1. The molecule has 0 aliphatic carbocycles. The highest BCUT2D eigenvalue weighted by atomic mass is 35.5. The summed E-state index contributed by atoms with van der Waals surface area (Å²) in [5.41, 5.74) is 2.99. The van der Waals surface area contributed by atoms with E-state index in [1.807, 2.05) is 24.3 Å². The van der Waals surface area contributed by atoms with E-state index in [4.69, 9.17) is 16.3 Å². The number of ether oxygens (including phenoxy) is 1.